The van der Waals surface area contributed by atoms with Gasteiger partial charge in [-0.25, -0.2) is 4.39 Å². The Balaban J connectivity index is 1.67. The van der Waals surface area contributed by atoms with Crippen molar-refractivity contribution in [2.75, 3.05) is 39.3 Å². The topological polar surface area (TPSA) is 39.7 Å². The molecule has 0 unspecified atom stereocenters. The van der Waals surface area contributed by atoms with Crippen LogP contribution in [0.25, 0.3) is 0 Å². The number of nitrogens with one attached hydrogen (secondary N) is 2. The van der Waals surface area contributed by atoms with E-state index in [0.717, 1.165) is 50.5 Å². The van der Waals surface area contributed by atoms with Gasteiger partial charge in [-0.3, -0.25) is 4.99 Å². The third-order valence-corrected chi connectivity index (χ3v) is 4.06. The summed E-state index contributed by atoms with van der Waals surface area (Å²) in [6.07, 6.45) is 4.65. The van der Waals surface area contributed by atoms with Crippen LogP contribution in [0.15, 0.2) is 29.3 Å². The van der Waals surface area contributed by atoms with E-state index in [-0.39, 0.29) is 5.82 Å². The zero-order chi connectivity index (χ0) is 16.3. The largest absolute Gasteiger partial charge is 0.357 e. The summed E-state index contributed by atoms with van der Waals surface area (Å²) in [7, 11) is 0. The van der Waals surface area contributed by atoms with Crippen LogP contribution in [0.1, 0.15) is 31.7 Å². The van der Waals surface area contributed by atoms with Gasteiger partial charge in [0, 0.05) is 19.6 Å². The van der Waals surface area contributed by atoms with Crippen molar-refractivity contribution in [1.29, 1.82) is 0 Å². The first-order valence-corrected chi connectivity index (χ1v) is 8.77. The van der Waals surface area contributed by atoms with E-state index in [0.29, 0.717) is 0 Å². The van der Waals surface area contributed by atoms with Gasteiger partial charge in [0.2, 0.25) is 0 Å². The van der Waals surface area contributed by atoms with Crippen molar-refractivity contribution in [2.45, 2.75) is 32.6 Å². The smallest absolute Gasteiger partial charge is 0.191 e. The van der Waals surface area contributed by atoms with Crippen LogP contribution in [0.4, 0.5) is 4.39 Å². The number of nitrogens with zero attached hydrogens (tertiary/aromatic N) is 2. The van der Waals surface area contributed by atoms with Crippen LogP contribution in [0.2, 0.25) is 0 Å². The van der Waals surface area contributed by atoms with E-state index < -0.39 is 0 Å². The van der Waals surface area contributed by atoms with E-state index in [1.807, 2.05) is 12.1 Å². The third-order valence-electron chi connectivity index (χ3n) is 4.06. The number of rotatable bonds is 8. The lowest BCUT2D eigenvalue weighted by atomic mass is 10.1. The lowest BCUT2D eigenvalue weighted by Gasteiger charge is -2.14. The van der Waals surface area contributed by atoms with Crippen LogP contribution < -0.4 is 10.6 Å². The lowest BCUT2D eigenvalue weighted by molar-refractivity contribution is 0.336. The molecule has 1 heterocycles. The van der Waals surface area contributed by atoms with Crippen molar-refractivity contribution >= 4 is 5.96 Å². The summed E-state index contributed by atoms with van der Waals surface area (Å²) in [5.41, 5.74) is 1.13. The second-order valence-corrected chi connectivity index (χ2v) is 5.97. The molecule has 128 valence electrons. The molecule has 0 amide bonds. The number of likely N-dealkylation sites (tertiary alicyclic amines) is 1. The molecule has 5 heteroatoms. The molecule has 1 fully saturated rings. The number of hydrogen-bond acceptors (Lipinski definition) is 2. The highest BCUT2D eigenvalue weighted by atomic mass is 19.1. The van der Waals surface area contributed by atoms with Crippen molar-refractivity contribution in [3.8, 4) is 0 Å². The van der Waals surface area contributed by atoms with Crippen LogP contribution in [-0.2, 0) is 6.42 Å². The first-order valence-electron chi connectivity index (χ1n) is 8.77. The van der Waals surface area contributed by atoms with Crippen molar-refractivity contribution in [1.82, 2.24) is 15.5 Å². The molecule has 0 radical (unpaired) electrons. The van der Waals surface area contributed by atoms with Crippen LogP contribution in [0.5, 0.6) is 0 Å². The van der Waals surface area contributed by atoms with Gasteiger partial charge in [-0.1, -0.05) is 12.1 Å². The Morgan fingerprint density at radius 3 is 2.61 bits per heavy atom. The zero-order valence-electron chi connectivity index (χ0n) is 14.2. The van der Waals surface area contributed by atoms with Gasteiger partial charge in [-0.2, -0.15) is 0 Å². The molecule has 0 aliphatic carbocycles. The maximum absolute atomic E-state index is 12.9. The number of hydrogen-bond donors (Lipinski definition) is 2. The molecule has 1 aliphatic heterocycles. The Morgan fingerprint density at radius 2 is 1.91 bits per heavy atom. The van der Waals surface area contributed by atoms with E-state index >= 15 is 0 Å². The van der Waals surface area contributed by atoms with Crippen molar-refractivity contribution in [2.24, 2.45) is 4.99 Å². The summed E-state index contributed by atoms with van der Waals surface area (Å²) < 4.78 is 12.9. The Hall–Kier alpha value is -1.62. The van der Waals surface area contributed by atoms with Gasteiger partial charge < -0.3 is 15.5 Å². The first-order chi connectivity index (χ1) is 11.3. The zero-order valence-corrected chi connectivity index (χ0v) is 14.2. The SMILES string of the molecule is CCNC(=NCCCN1CCCC1)NCCc1ccc(F)cc1. The highest BCUT2D eigenvalue weighted by Crippen LogP contribution is 2.07. The van der Waals surface area contributed by atoms with Gasteiger partial charge in [0.15, 0.2) is 5.96 Å². The molecule has 1 aromatic rings. The van der Waals surface area contributed by atoms with E-state index in [2.05, 4.69) is 27.4 Å². The van der Waals surface area contributed by atoms with Gasteiger partial charge >= 0.3 is 0 Å². The van der Waals surface area contributed by atoms with Gasteiger partial charge in [0.1, 0.15) is 5.82 Å². The standard InChI is InChI=1S/C18H29FN4/c1-2-20-18(21-11-5-15-23-13-3-4-14-23)22-12-10-16-6-8-17(19)9-7-16/h6-9H,2-5,10-15H2,1H3,(H2,20,21,22). The minimum Gasteiger partial charge on any atom is -0.357 e. The van der Waals surface area contributed by atoms with E-state index in [9.17, 15) is 4.39 Å². The maximum atomic E-state index is 12.9. The predicted octanol–water partition coefficient (Wildman–Crippen LogP) is 2.41. The molecule has 1 aromatic carbocycles. The number of benzene rings is 1. The molecule has 1 saturated heterocycles. The fourth-order valence-corrected chi connectivity index (χ4v) is 2.81. The molecule has 0 spiro atoms. The second-order valence-electron chi connectivity index (χ2n) is 5.97. The predicted molar refractivity (Wildman–Crippen MR) is 94.4 cm³/mol. The van der Waals surface area contributed by atoms with Crippen LogP contribution in [-0.4, -0.2) is 50.1 Å². The van der Waals surface area contributed by atoms with E-state index in [4.69, 9.17) is 0 Å². The Kier molecular flexibility index (Phi) is 7.87. The van der Waals surface area contributed by atoms with Gasteiger partial charge in [-0.05, 0) is 69.9 Å². The number of guanidine groups is 1. The number of halogens is 1. The highest BCUT2D eigenvalue weighted by Gasteiger charge is 2.09. The quantitative estimate of drug-likeness (QED) is 0.439. The average molecular weight is 320 g/mol. The second kappa shape index (κ2) is 10.2. The van der Waals surface area contributed by atoms with Crippen molar-refractivity contribution < 1.29 is 4.39 Å². The molecule has 2 N–H and O–H groups in total. The molecule has 2 rings (SSSR count). The summed E-state index contributed by atoms with van der Waals surface area (Å²) in [4.78, 5) is 7.15. The minimum absolute atomic E-state index is 0.186. The van der Waals surface area contributed by atoms with Gasteiger partial charge in [0.25, 0.3) is 0 Å². The summed E-state index contributed by atoms with van der Waals surface area (Å²) in [6, 6.07) is 6.67. The minimum atomic E-state index is -0.186. The monoisotopic (exact) mass is 320 g/mol. The summed E-state index contributed by atoms with van der Waals surface area (Å²) in [6.45, 7) is 8.22. The molecule has 0 aromatic heterocycles. The first kappa shape index (κ1) is 17.7. The summed E-state index contributed by atoms with van der Waals surface area (Å²) >= 11 is 0. The van der Waals surface area contributed by atoms with Crippen LogP contribution >= 0.6 is 0 Å². The Labute approximate surface area is 139 Å². The van der Waals surface area contributed by atoms with Crippen LogP contribution in [0, 0.1) is 5.82 Å². The normalized spacial score (nSPS) is 15.8. The van der Waals surface area contributed by atoms with Gasteiger partial charge in [0.05, 0.1) is 0 Å². The average Bonchev–Trinajstić information content (AvgIpc) is 3.07. The lowest BCUT2D eigenvalue weighted by Crippen LogP contribution is -2.38. The highest BCUT2D eigenvalue weighted by molar-refractivity contribution is 5.79. The molecule has 0 bridgehead atoms. The van der Waals surface area contributed by atoms with E-state index in [1.165, 1.54) is 38.1 Å². The fourth-order valence-electron chi connectivity index (χ4n) is 2.81. The van der Waals surface area contributed by atoms with Crippen molar-refractivity contribution in [3.05, 3.63) is 35.6 Å². The Morgan fingerprint density at radius 1 is 1.17 bits per heavy atom. The molecular weight excluding hydrogens is 291 g/mol. The fraction of sp³-hybridized carbons (Fsp3) is 0.611. The summed E-state index contributed by atoms with van der Waals surface area (Å²) in [5.74, 6) is 0.686. The molecule has 1 aliphatic rings. The van der Waals surface area contributed by atoms with Crippen LogP contribution in [0.3, 0.4) is 0 Å². The molecule has 23 heavy (non-hydrogen) atoms. The molecular formula is C18H29FN4. The molecule has 4 nitrogen and oxygen atoms in total. The van der Waals surface area contributed by atoms with Crippen molar-refractivity contribution in [3.63, 3.8) is 0 Å². The Bertz CT molecular complexity index is 466. The van der Waals surface area contributed by atoms with E-state index in [1.54, 1.807) is 0 Å². The molecule has 0 atom stereocenters. The summed E-state index contributed by atoms with van der Waals surface area (Å²) in [5, 5.41) is 6.62. The maximum Gasteiger partial charge on any atom is 0.191 e. The third kappa shape index (κ3) is 6.99. The van der Waals surface area contributed by atoms with Gasteiger partial charge in [-0.15, -0.1) is 0 Å². The molecule has 0 saturated carbocycles. The number of aliphatic imine (C=N–C) groups is 1.